The van der Waals surface area contributed by atoms with Gasteiger partial charge in [0.2, 0.25) is 0 Å². The van der Waals surface area contributed by atoms with Crippen LogP contribution in [0.15, 0.2) is 12.1 Å². The molecule has 0 saturated carbocycles. The van der Waals surface area contributed by atoms with Crippen molar-refractivity contribution in [3.05, 3.63) is 12.1 Å². The Labute approximate surface area is 166 Å². The molecule has 1 amide bonds. The summed E-state index contributed by atoms with van der Waals surface area (Å²) in [7, 11) is 0. The number of hydrogen-bond donors (Lipinski definition) is 0. The van der Waals surface area contributed by atoms with Gasteiger partial charge in [0.1, 0.15) is 5.60 Å². The first-order valence-corrected chi connectivity index (χ1v) is 6.57. The predicted octanol–water partition coefficient (Wildman–Crippen LogP) is -0.514. The quantitative estimate of drug-likeness (QED) is 0.653. The van der Waals surface area contributed by atoms with E-state index in [0.717, 1.165) is 0 Å². The first-order valence-electron chi connectivity index (χ1n) is 6.57. The summed E-state index contributed by atoms with van der Waals surface area (Å²) in [5.74, 6) is 0. The van der Waals surface area contributed by atoms with E-state index in [4.69, 9.17) is 4.74 Å². The predicted molar refractivity (Wildman–Crippen MR) is 72.5 cm³/mol. The van der Waals surface area contributed by atoms with Crippen molar-refractivity contribution in [2.24, 2.45) is 0 Å². The first-order chi connectivity index (χ1) is 8.99. The number of nitrogens with zero attached hydrogens (tertiary/aromatic N) is 2. The molecule has 0 aliphatic carbocycles. The van der Waals surface area contributed by atoms with Gasteiger partial charge in [0.15, 0.2) is 0 Å². The molecule has 1 saturated heterocycles. The Bertz CT molecular complexity index is 378. The molecule has 116 valence electrons. The number of rotatable bonds is 3. The van der Waals surface area contributed by atoms with E-state index in [0.29, 0.717) is 26.2 Å². The van der Waals surface area contributed by atoms with E-state index in [2.05, 4.69) is 6.58 Å². The summed E-state index contributed by atoms with van der Waals surface area (Å²) in [5.41, 5.74) is -1.27. The minimum absolute atomic E-state index is 0. The Morgan fingerprint density at radius 2 is 1.67 bits per heavy atom. The molecular weight excluding hydrogens is 311 g/mol. The molecule has 0 aromatic carbocycles. The van der Waals surface area contributed by atoms with Crippen molar-refractivity contribution in [1.82, 2.24) is 9.80 Å². The van der Waals surface area contributed by atoms with E-state index in [1.807, 2.05) is 0 Å². The third kappa shape index (κ3) is 8.03. The summed E-state index contributed by atoms with van der Waals surface area (Å²) in [6.07, 6.45) is -0.420. The number of halogens is 3. The summed E-state index contributed by atoms with van der Waals surface area (Å²) in [5, 5.41) is 0. The maximum absolute atomic E-state index is 12.4. The maximum Gasteiger partial charge on any atom is 1.00 e. The van der Waals surface area contributed by atoms with Crippen LogP contribution < -0.4 is 51.4 Å². The molecule has 0 atom stereocenters. The topological polar surface area (TPSA) is 32.8 Å². The van der Waals surface area contributed by atoms with Crippen molar-refractivity contribution in [2.75, 3.05) is 32.7 Å². The van der Waals surface area contributed by atoms with E-state index in [-0.39, 0.29) is 57.9 Å². The van der Waals surface area contributed by atoms with E-state index >= 15 is 0 Å². The molecule has 21 heavy (non-hydrogen) atoms. The molecule has 1 aliphatic rings. The molecular formula is C12H21BF3KN2O2. The van der Waals surface area contributed by atoms with Gasteiger partial charge >= 0.3 is 64.5 Å². The fraction of sp³-hybridized carbons (Fsp3) is 0.750. The zero-order valence-corrected chi connectivity index (χ0v) is 16.3. The van der Waals surface area contributed by atoms with Crippen molar-refractivity contribution in [1.29, 1.82) is 0 Å². The molecule has 9 heteroatoms. The standard InChI is InChI=1S/C12H21BF3N2O2.K/c1-10(13(14,15)16)9-17-5-7-18(8-6-17)11(19)20-12(2,3)4;/h1,5-9H2,2-4H3;/q-1;+1. The summed E-state index contributed by atoms with van der Waals surface area (Å²) >= 11 is 0. The van der Waals surface area contributed by atoms with Crippen LogP contribution in [-0.2, 0) is 4.74 Å². The SMILES string of the molecule is C=C(CN1CCN(C(=O)OC(C)(C)C)CC1)[B-](F)(F)F.[K+]. The van der Waals surface area contributed by atoms with Gasteiger partial charge in [-0.1, -0.05) is 0 Å². The van der Waals surface area contributed by atoms with Gasteiger partial charge in [-0.2, -0.15) is 0 Å². The second kappa shape index (κ2) is 8.35. The van der Waals surface area contributed by atoms with Crippen LogP contribution in [0.25, 0.3) is 0 Å². The van der Waals surface area contributed by atoms with E-state index in [1.54, 1.807) is 25.7 Å². The van der Waals surface area contributed by atoms with Crippen molar-refractivity contribution in [3.8, 4) is 0 Å². The summed E-state index contributed by atoms with van der Waals surface area (Å²) in [6.45, 7) is 4.75. The van der Waals surface area contributed by atoms with Gasteiger partial charge < -0.3 is 22.6 Å². The molecule has 0 bridgehead atoms. The average Bonchev–Trinajstić information content (AvgIpc) is 2.26. The van der Waals surface area contributed by atoms with E-state index in [9.17, 15) is 17.7 Å². The van der Waals surface area contributed by atoms with Crippen LogP contribution in [-0.4, -0.2) is 61.2 Å². The second-order valence-electron chi connectivity index (χ2n) is 5.98. The van der Waals surface area contributed by atoms with Crippen molar-refractivity contribution in [2.45, 2.75) is 26.4 Å². The molecule has 1 aliphatic heterocycles. The first kappa shape index (κ1) is 21.5. The van der Waals surface area contributed by atoms with Crippen LogP contribution in [0.4, 0.5) is 17.7 Å². The molecule has 1 rings (SSSR count). The fourth-order valence-corrected chi connectivity index (χ4v) is 1.81. The number of amides is 1. The smallest absolute Gasteiger partial charge is 0.445 e. The normalized spacial score (nSPS) is 17.1. The third-order valence-electron chi connectivity index (χ3n) is 2.91. The second-order valence-corrected chi connectivity index (χ2v) is 5.98. The van der Waals surface area contributed by atoms with Gasteiger partial charge in [0, 0.05) is 26.2 Å². The Balaban J connectivity index is 0.00000400. The average molecular weight is 332 g/mol. The van der Waals surface area contributed by atoms with Crippen LogP contribution in [0.1, 0.15) is 20.8 Å². The number of carbonyl (C=O) groups is 1. The number of carbonyl (C=O) groups excluding carboxylic acids is 1. The van der Waals surface area contributed by atoms with Crippen LogP contribution in [0, 0.1) is 0 Å². The van der Waals surface area contributed by atoms with Crippen molar-refractivity contribution in [3.63, 3.8) is 0 Å². The van der Waals surface area contributed by atoms with Crippen LogP contribution in [0.2, 0.25) is 0 Å². The summed E-state index contributed by atoms with van der Waals surface area (Å²) in [4.78, 5) is 15.0. The molecule has 0 aromatic heterocycles. The molecule has 0 spiro atoms. The van der Waals surface area contributed by atoms with Crippen LogP contribution in [0.5, 0.6) is 0 Å². The van der Waals surface area contributed by atoms with Gasteiger partial charge in [0.05, 0.1) is 0 Å². The maximum atomic E-state index is 12.4. The molecule has 1 heterocycles. The Morgan fingerprint density at radius 1 is 1.19 bits per heavy atom. The molecule has 0 N–H and O–H groups in total. The number of piperazine rings is 1. The molecule has 4 nitrogen and oxygen atoms in total. The zero-order valence-electron chi connectivity index (χ0n) is 13.2. The van der Waals surface area contributed by atoms with Crippen LogP contribution in [0.3, 0.4) is 0 Å². The van der Waals surface area contributed by atoms with Gasteiger partial charge in [-0.25, -0.2) is 4.79 Å². The summed E-state index contributed by atoms with van der Waals surface area (Å²) < 4.78 is 42.6. The van der Waals surface area contributed by atoms with E-state index in [1.165, 1.54) is 4.90 Å². The third-order valence-corrected chi connectivity index (χ3v) is 2.91. The van der Waals surface area contributed by atoms with Crippen LogP contribution >= 0.6 is 0 Å². The Hall–Kier alpha value is 0.461. The minimum atomic E-state index is -4.99. The fourth-order valence-electron chi connectivity index (χ4n) is 1.81. The monoisotopic (exact) mass is 332 g/mol. The zero-order chi connectivity index (χ0) is 15.6. The molecule has 1 fully saturated rings. The number of ether oxygens (including phenoxy) is 1. The van der Waals surface area contributed by atoms with Crippen molar-refractivity contribution < 1.29 is 73.9 Å². The van der Waals surface area contributed by atoms with Gasteiger partial charge in [-0.15, -0.1) is 12.1 Å². The molecule has 0 unspecified atom stereocenters. The number of hydrogen-bond acceptors (Lipinski definition) is 3. The Morgan fingerprint density at radius 3 is 2.05 bits per heavy atom. The molecule has 0 aromatic rings. The van der Waals surface area contributed by atoms with Crippen molar-refractivity contribution >= 4 is 13.1 Å². The minimum Gasteiger partial charge on any atom is -0.445 e. The van der Waals surface area contributed by atoms with E-state index < -0.39 is 24.1 Å². The van der Waals surface area contributed by atoms with Gasteiger partial charge in [0.25, 0.3) is 0 Å². The largest absolute Gasteiger partial charge is 1.00 e. The molecule has 0 radical (unpaired) electrons. The Kier molecular flexibility index (Phi) is 8.54. The summed E-state index contributed by atoms with van der Waals surface area (Å²) in [6, 6.07) is 0. The van der Waals surface area contributed by atoms with Gasteiger partial charge in [-0.3, -0.25) is 4.90 Å². The van der Waals surface area contributed by atoms with Gasteiger partial charge in [-0.05, 0) is 27.3 Å².